The fourth-order valence-electron chi connectivity index (χ4n) is 1.54. The summed E-state index contributed by atoms with van der Waals surface area (Å²) in [5.41, 5.74) is 1.70. The van der Waals surface area contributed by atoms with E-state index in [4.69, 9.17) is 11.6 Å². The summed E-state index contributed by atoms with van der Waals surface area (Å²) >= 11 is 7.66. The van der Waals surface area contributed by atoms with Crippen molar-refractivity contribution in [3.63, 3.8) is 0 Å². The summed E-state index contributed by atoms with van der Waals surface area (Å²) in [5.74, 6) is 0. The van der Waals surface area contributed by atoms with Gasteiger partial charge in [-0.3, -0.25) is 0 Å². The number of aryl methyl sites for hydroxylation is 1. The Morgan fingerprint density at radius 2 is 1.93 bits per heavy atom. The minimum Gasteiger partial charge on any atom is -0.384 e. The molecule has 1 aromatic heterocycles. The second kappa shape index (κ2) is 4.35. The Morgan fingerprint density at radius 3 is 2.53 bits per heavy atom. The molecule has 1 atom stereocenters. The normalized spacial score (nSPS) is 12.7. The van der Waals surface area contributed by atoms with E-state index in [2.05, 4.69) is 0 Å². The maximum Gasteiger partial charge on any atom is 0.107 e. The molecule has 0 spiro atoms. The minimum absolute atomic E-state index is 0.607. The van der Waals surface area contributed by atoms with Crippen molar-refractivity contribution in [2.24, 2.45) is 0 Å². The summed E-state index contributed by atoms with van der Waals surface area (Å²) in [6.45, 7) is 2.00. The van der Waals surface area contributed by atoms with E-state index in [1.165, 1.54) is 0 Å². The number of hydrogen-bond donors (Lipinski definition) is 1. The van der Waals surface area contributed by atoms with Gasteiger partial charge in [-0.1, -0.05) is 29.8 Å². The smallest absolute Gasteiger partial charge is 0.107 e. The van der Waals surface area contributed by atoms with E-state index in [1.54, 1.807) is 17.4 Å². The lowest BCUT2D eigenvalue weighted by Crippen LogP contribution is -2.00. The highest BCUT2D eigenvalue weighted by Crippen LogP contribution is 2.31. The van der Waals surface area contributed by atoms with Crippen molar-refractivity contribution in [3.05, 3.63) is 56.7 Å². The van der Waals surface area contributed by atoms with Crippen LogP contribution in [0.15, 0.2) is 35.7 Å². The highest BCUT2D eigenvalue weighted by atomic mass is 35.5. The van der Waals surface area contributed by atoms with Gasteiger partial charge in [-0.2, -0.15) is 0 Å². The molecule has 2 rings (SSSR count). The second-order valence-corrected chi connectivity index (χ2v) is 4.88. The van der Waals surface area contributed by atoms with Gasteiger partial charge in [-0.05, 0) is 30.0 Å². The number of rotatable bonds is 2. The Kier molecular flexibility index (Phi) is 3.10. The summed E-state index contributed by atoms with van der Waals surface area (Å²) in [4.78, 5) is 1.13. The summed E-state index contributed by atoms with van der Waals surface area (Å²) in [7, 11) is 0. The van der Waals surface area contributed by atoms with E-state index >= 15 is 0 Å². The van der Waals surface area contributed by atoms with E-state index < -0.39 is 6.10 Å². The average Bonchev–Trinajstić information content (AvgIpc) is 2.64. The van der Waals surface area contributed by atoms with Gasteiger partial charge < -0.3 is 5.11 Å². The molecule has 0 bridgehead atoms. The molecule has 1 aromatic carbocycles. The highest BCUT2D eigenvalue weighted by Gasteiger charge is 2.15. The molecule has 0 fully saturated rings. The Bertz CT molecular complexity index is 464. The largest absolute Gasteiger partial charge is 0.384 e. The zero-order valence-electron chi connectivity index (χ0n) is 8.27. The quantitative estimate of drug-likeness (QED) is 0.844. The average molecular weight is 239 g/mol. The molecule has 0 saturated carbocycles. The molecule has 1 unspecified atom stereocenters. The van der Waals surface area contributed by atoms with Crippen LogP contribution in [0.25, 0.3) is 0 Å². The van der Waals surface area contributed by atoms with Crippen molar-refractivity contribution in [2.75, 3.05) is 0 Å². The maximum atomic E-state index is 10.2. The van der Waals surface area contributed by atoms with Gasteiger partial charge >= 0.3 is 0 Å². The van der Waals surface area contributed by atoms with Gasteiger partial charge in [0.25, 0.3) is 0 Å². The van der Waals surface area contributed by atoms with Crippen molar-refractivity contribution in [2.45, 2.75) is 13.0 Å². The predicted octanol–water partition coefficient (Wildman–Crippen LogP) is 3.79. The second-order valence-electron chi connectivity index (χ2n) is 3.36. The van der Waals surface area contributed by atoms with E-state index in [0.717, 1.165) is 16.0 Å². The third-order valence-electron chi connectivity index (χ3n) is 2.39. The molecule has 1 nitrogen and oxygen atoms in total. The third kappa shape index (κ3) is 2.07. The molecular formula is C12H11ClOS. The van der Waals surface area contributed by atoms with Crippen LogP contribution >= 0.6 is 22.9 Å². The van der Waals surface area contributed by atoms with Gasteiger partial charge in [0, 0.05) is 15.5 Å². The van der Waals surface area contributed by atoms with Crippen molar-refractivity contribution in [1.82, 2.24) is 0 Å². The van der Waals surface area contributed by atoms with E-state index in [-0.39, 0.29) is 0 Å². The van der Waals surface area contributed by atoms with Crippen molar-refractivity contribution >= 4 is 22.9 Å². The van der Waals surface area contributed by atoms with Crippen LogP contribution < -0.4 is 0 Å². The van der Waals surface area contributed by atoms with Crippen LogP contribution in [-0.4, -0.2) is 5.11 Å². The summed E-state index contributed by atoms with van der Waals surface area (Å²) < 4.78 is 0. The summed E-state index contributed by atoms with van der Waals surface area (Å²) in [6, 6.07) is 9.32. The van der Waals surface area contributed by atoms with Crippen LogP contribution in [0.2, 0.25) is 5.02 Å². The van der Waals surface area contributed by atoms with Gasteiger partial charge in [0.05, 0.1) is 0 Å². The molecule has 0 aliphatic heterocycles. The molecule has 0 radical (unpaired) electrons. The molecular weight excluding hydrogens is 228 g/mol. The lowest BCUT2D eigenvalue weighted by molar-refractivity contribution is 0.220. The fraction of sp³-hybridized carbons (Fsp3) is 0.167. The van der Waals surface area contributed by atoms with Crippen LogP contribution in [-0.2, 0) is 0 Å². The molecule has 1 heterocycles. The number of benzene rings is 1. The van der Waals surface area contributed by atoms with Gasteiger partial charge in [0.15, 0.2) is 0 Å². The molecule has 0 saturated heterocycles. The fourth-order valence-corrected chi connectivity index (χ4v) is 2.52. The van der Waals surface area contributed by atoms with Gasteiger partial charge in [-0.25, -0.2) is 0 Å². The van der Waals surface area contributed by atoms with Crippen LogP contribution in [0.3, 0.4) is 0 Å². The zero-order valence-corrected chi connectivity index (χ0v) is 9.85. The van der Waals surface area contributed by atoms with Crippen molar-refractivity contribution in [1.29, 1.82) is 0 Å². The Labute approximate surface area is 98.0 Å². The monoisotopic (exact) mass is 238 g/mol. The first-order chi connectivity index (χ1) is 7.20. The Balaban J connectivity index is 2.41. The molecule has 1 N–H and O–H groups in total. The first kappa shape index (κ1) is 10.7. The lowest BCUT2D eigenvalue weighted by Gasteiger charge is -2.12. The number of hydrogen-bond acceptors (Lipinski definition) is 2. The molecule has 0 aliphatic carbocycles. The first-order valence-electron chi connectivity index (χ1n) is 4.66. The van der Waals surface area contributed by atoms with Crippen molar-refractivity contribution in [3.8, 4) is 0 Å². The number of thiophene rings is 1. The molecule has 2 aromatic rings. The maximum absolute atomic E-state index is 10.2. The molecule has 78 valence electrons. The van der Waals surface area contributed by atoms with E-state index in [0.29, 0.717) is 5.02 Å². The van der Waals surface area contributed by atoms with E-state index in [9.17, 15) is 5.11 Å². The van der Waals surface area contributed by atoms with E-state index in [1.807, 2.05) is 36.6 Å². The van der Waals surface area contributed by atoms with Crippen LogP contribution in [0.1, 0.15) is 22.1 Å². The Morgan fingerprint density at radius 1 is 1.20 bits per heavy atom. The van der Waals surface area contributed by atoms with Crippen LogP contribution in [0, 0.1) is 6.92 Å². The molecule has 0 amide bonds. The number of halogens is 1. The lowest BCUT2D eigenvalue weighted by atomic mass is 10.0. The minimum atomic E-state index is -0.620. The van der Waals surface area contributed by atoms with Gasteiger partial charge in [-0.15, -0.1) is 11.3 Å². The van der Waals surface area contributed by atoms with Crippen LogP contribution in [0.5, 0.6) is 0 Å². The molecule has 0 aliphatic rings. The summed E-state index contributed by atoms with van der Waals surface area (Å²) in [5, 5.41) is 12.7. The summed E-state index contributed by atoms with van der Waals surface area (Å²) in [6.07, 6.45) is -0.620. The Hall–Kier alpha value is -0.830. The standard InChI is InChI=1S/C12H11ClOS/c1-8-9(6-7-15-8)12(14)10-4-2-3-5-11(10)13/h2-7,12,14H,1H3. The van der Waals surface area contributed by atoms with Crippen LogP contribution in [0.4, 0.5) is 0 Å². The van der Waals surface area contributed by atoms with Crippen molar-refractivity contribution < 1.29 is 5.11 Å². The first-order valence-corrected chi connectivity index (χ1v) is 5.92. The zero-order chi connectivity index (χ0) is 10.8. The molecule has 15 heavy (non-hydrogen) atoms. The van der Waals surface area contributed by atoms with Gasteiger partial charge in [0.2, 0.25) is 0 Å². The van der Waals surface area contributed by atoms with Gasteiger partial charge in [0.1, 0.15) is 6.10 Å². The third-order valence-corrected chi connectivity index (χ3v) is 3.60. The molecule has 3 heteroatoms. The number of aliphatic hydroxyl groups excluding tert-OH is 1. The number of aliphatic hydroxyl groups is 1. The SMILES string of the molecule is Cc1sccc1C(O)c1ccccc1Cl. The predicted molar refractivity (Wildman–Crippen MR) is 64.6 cm³/mol. The highest BCUT2D eigenvalue weighted by molar-refractivity contribution is 7.10. The topological polar surface area (TPSA) is 20.2 Å².